The highest BCUT2D eigenvalue weighted by atomic mass is 79.9. The molecule has 0 fully saturated rings. The number of aliphatic hydroxyl groups is 1. The van der Waals surface area contributed by atoms with E-state index in [1.165, 1.54) is 0 Å². The molecule has 2 unspecified atom stereocenters. The van der Waals surface area contributed by atoms with Crippen molar-refractivity contribution >= 4 is 15.9 Å². The first kappa shape index (κ1) is 12.6. The van der Waals surface area contributed by atoms with Gasteiger partial charge in [0.25, 0.3) is 0 Å². The van der Waals surface area contributed by atoms with E-state index in [0.29, 0.717) is 6.04 Å². The first-order chi connectivity index (χ1) is 7.17. The third-order valence-electron chi connectivity index (χ3n) is 2.39. The Morgan fingerprint density at radius 3 is 2.73 bits per heavy atom. The number of hydrogen-bond donors (Lipinski definition) is 2. The van der Waals surface area contributed by atoms with Gasteiger partial charge in [0.1, 0.15) is 0 Å². The van der Waals surface area contributed by atoms with Gasteiger partial charge in [0.2, 0.25) is 0 Å². The van der Waals surface area contributed by atoms with E-state index in [2.05, 4.69) is 40.1 Å². The summed E-state index contributed by atoms with van der Waals surface area (Å²) in [5, 5.41) is 12.6. The van der Waals surface area contributed by atoms with Crippen molar-refractivity contribution in [2.45, 2.75) is 32.4 Å². The summed E-state index contributed by atoms with van der Waals surface area (Å²) in [6, 6.07) is 4.16. The van der Waals surface area contributed by atoms with Crippen LogP contribution in [0.4, 0.5) is 0 Å². The molecule has 3 nitrogen and oxygen atoms in total. The molecular formula is C11H17BrN2O. The van der Waals surface area contributed by atoms with Gasteiger partial charge in [-0.25, -0.2) is 0 Å². The number of nitrogens with zero attached hydrogens (tertiary/aromatic N) is 1. The van der Waals surface area contributed by atoms with Crippen molar-refractivity contribution in [1.29, 1.82) is 0 Å². The summed E-state index contributed by atoms with van der Waals surface area (Å²) in [5.74, 6) is 0. The second-order valence-electron chi connectivity index (χ2n) is 3.61. The monoisotopic (exact) mass is 272 g/mol. The Balaban J connectivity index is 2.69. The van der Waals surface area contributed by atoms with Gasteiger partial charge in [0.15, 0.2) is 0 Å². The molecule has 0 spiro atoms. The number of halogens is 1. The van der Waals surface area contributed by atoms with E-state index in [9.17, 15) is 5.11 Å². The van der Waals surface area contributed by atoms with E-state index in [0.717, 1.165) is 16.6 Å². The largest absolute Gasteiger partial charge is 0.394 e. The Morgan fingerprint density at radius 1 is 1.53 bits per heavy atom. The van der Waals surface area contributed by atoms with Crippen molar-refractivity contribution in [1.82, 2.24) is 10.3 Å². The van der Waals surface area contributed by atoms with E-state index in [1.807, 2.05) is 12.1 Å². The summed E-state index contributed by atoms with van der Waals surface area (Å²) in [4.78, 5) is 4.27. The molecule has 4 heteroatoms. The summed E-state index contributed by atoms with van der Waals surface area (Å²) in [7, 11) is 0. The predicted octanol–water partition coefficient (Wildman–Crippen LogP) is 2.27. The lowest BCUT2D eigenvalue weighted by atomic mass is 10.1. The summed E-state index contributed by atoms with van der Waals surface area (Å²) in [5.41, 5.74) is 0.876. The van der Waals surface area contributed by atoms with Crippen LogP contribution in [0, 0.1) is 0 Å². The van der Waals surface area contributed by atoms with Gasteiger partial charge < -0.3 is 10.4 Å². The average molecular weight is 273 g/mol. The third kappa shape index (κ3) is 3.89. The van der Waals surface area contributed by atoms with E-state index < -0.39 is 0 Å². The number of aliphatic hydroxyl groups excluding tert-OH is 1. The number of nitrogens with one attached hydrogen (secondary N) is 1. The Morgan fingerprint density at radius 2 is 2.27 bits per heavy atom. The molecule has 0 saturated heterocycles. The molecule has 0 aliphatic rings. The number of hydrogen-bond acceptors (Lipinski definition) is 3. The Kier molecular flexibility index (Phi) is 5.22. The van der Waals surface area contributed by atoms with Crippen LogP contribution in [0.1, 0.15) is 32.0 Å². The molecule has 0 bridgehead atoms. The van der Waals surface area contributed by atoms with Gasteiger partial charge in [-0.2, -0.15) is 0 Å². The van der Waals surface area contributed by atoms with Crippen molar-refractivity contribution in [2.75, 3.05) is 6.61 Å². The molecule has 1 aromatic heterocycles. The van der Waals surface area contributed by atoms with E-state index in [4.69, 9.17) is 0 Å². The van der Waals surface area contributed by atoms with Gasteiger partial charge in [-0.15, -0.1) is 0 Å². The fourth-order valence-electron chi connectivity index (χ4n) is 1.29. The van der Waals surface area contributed by atoms with Crippen LogP contribution in [0.15, 0.2) is 22.8 Å². The topological polar surface area (TPSA) is 45.1 Å². The van der Waals surface area contributed by atoms with Crippen LogP contribution in [0.2, 0.25) is 0 Å². The van der Waals surface area contributed by atoms with Gasteiger partial charge in [0, 0.05) is 16.7 Å². The predicted molar refractivity (Wildman–Crippen MR) is 64.7 cm³/mol. The first-order valence-electron chi connectivity index (χ1n) is 5.15. The zero-order valence-electron chi connectivity index (χ0n) is 9.07. The normalized spacial score (nSPS) is 14.9. The standard InChI is InChI=1S/C11H17BrN2O/c1-3-8(2)14-11(7-15)10-5-4-9(12)6-13-10/h4-6,8,11,14-15H,3,7H2,1-2H3. The Labute approximate surface area is 99.1 Å². The minimum atomic E-state index is -0.0759. The van der Waals surface area contributed by atoms with Crippen molar-refractivity contribution in [3.63, 3.8) is 0 Å². The van der Waals surface area contributed by atoms with E-state index in [1.54, 1.807) is 6.20 Å². The molecule has 0 aliphatic carbocycles. The first-order valence-corrected chi connectivity index (χ1v) is 5.95. The van der Waals surface area contributed by atoms with Crippen molar-refractivity contribution in [2.24, 2.45) is 0 Å². The molecule has 2 atom stereocenters. The van der Waals surface area contributed by atoms with Gasteiger partial charge in [-0.1, -0.05) is 6.92 Å². The van der Waals surface area contributed by atoms with Crippen LogP contribution in [-0.2, 0) is 0 Å². The molecule has 0 radical (unpaired) electrons. The zero-order valence-corrected chi connectivity index (χ0v) is 10.7. The molecule has 0 amide bonds. The molecule has 0 aliphatic heterocycles. The SMILES string of the molecule is CCC(C)NC(CO)c1ccc(Br)cn1. The van der Waals surface area contributed by atoms with Crippen LogP contribution in [0.5, 0.6) is 0 Å². The molecule has 0 aromatic carbocycles. The summed E-state index contributed by atoms with van der Waals surface area (Å²) >= 11 is 3.34. The fourth-order valence-corrected chi connectivity index (χ4v) is 1.52. The van der Waals surface area contributed by atoms with Crippen LogP contribution < -0.4 is 5.32 Å². The van der Waals surface area contributed by atoms with Crippen molar-refractivity contribution in [3.05, 3.63) is 28.5 Å². The minimum absolute atomic E-state index is 0.0684. The summed E-state index contributed by atoms with van der Waals surface area (Å²) in [6.45, 7) is 4.28. The highest BCUT2D eigenvalue weighted by molar-refractivity contribution is 9.10. The lowest BCUT2D eigenvalue weighted by Gasteiger charge is -2.20. The highest BCUT2D eigenvalue weighted by Gasteiger charge is 2.13. The summed E-state index contributed by atoms with van der Waals surface area (Å²) in [6.07, 6.45) is 2.78. The van der Waals surface area contributed by atoms with Crippen molar-refractivity contribution in [3.8, 4) is 0 Å². The van der Waals surface area contributed by atoms with Crippen LogP contribution >= 0.6 is 15.9 Å². The van der Waals surface area contributed by atoms with Crippen LogP contribution in [0.25, 0.3) is 0 Å². The molecule has 1 rings (SSSR count). The average Bonchev–Trinajstić information content (AvgIpc) is 2.27. The zero-order chi connectivity index (χ0) is 11.3. The van der Waals surface area contributed by atoms with Crippen molar-refractivity contribution < 1.29 is 5.11 Å². The maximum Gasteiger partial charge on any atom is 0.0731 e. The maximum absolute atomic E-state index is 9.28. The quantitative estimate of drug-likeness (QED) is 0.865. The van der Waals surface area contributed by atoms with Gasteiger partial charge >= 0.3 is 0 Å². The molecule has 1 aromatic rings. The number of aromatic nitrogens is 1. The van der Waals surface area contributed by atoms with Crippen LogP contribution in [-0.4, -0.2) is 22.7 Å². The van der Waals surface area contributed by atoms with E-state index in [-0.39, 0.29) is 12.6 Å². The van der Waals surface area contributed by atoms with Crippen LogP contribution in [0.3, 0.4) is 0 Å². The second-order valence-corrected chi connectivity index (χ2v) is 4.53. The number of rotatable bonds is 5. The molecule has 1 heterocycles. The Hall–Kier alpha value is -0.450. The lowest BCUT2D eigenvalue weighted by molar-refractivity contribution is 0.231. The van der Waals surface area contributed by atoms with Gasteiger partial charge in [0.05, 0.1) is 18.3 Å². The molecular weight excluding hydrogens is 256 g/mol. The molecule has 15 heavy (non-hydrogen) atoms. The number of pyridine rings is 1. The molecule has 0 saturated carbocycles. The fraction of sp³-hybridized carbons (Fsp3) is 0.545. The minimum Gasteiger partial charge on any atom is -0.394 e. The highest BCUT2D eigenvalue weighted by Crippen LogP contribution is 2.14. The third-order valence-corrected chi connectivity index (χ3v) is 2.86. The Bertz CT molecular complexity index is 289. The van der Waals surface area contributed by atoms with Gasteiger partial charge in [-0.05, 0) is 41.4 Å². The van der Waals surface area contributed by atoms with Gasteiger partial charge in [-0.3, -0.25) is 4.98 Å². The van der Waals surface area contributed by atoms with E-state index >= 15 is 0 Å². The smallest absolute Gasteiger partial charge is 0.0731 e. The molecule has 84 valence electrons. The lowest BCUT2D eigenvalue weighted by Crippen LogP contribution is -2.32. The molecule has 2 N–H and O–H groups in total. The second kappa shape index (κ2) is 6.20. The maximum atomic E-state index is 9.28. The summed E-state index contributed by atoms with van der Waals surface area (Å²) < 4.78 is 0.950.